The van der Waals surface area contributed by atoms with Crippen LogP contribution in [0.1, 0.15) is 64.6 Å². The Balaban J connectivity index is 1.51. The highest BCUT2D eigenvalue weighted by Crippen LogP contribution is 2.45. The molecule has 1 fully saturated rings. The number of carbonyl (C=O) groups excluding carboxylic acids is 1. The predicted octanol–water partition coefficient (Wildman–Crippen LogP) is 7.54. The number of hydrogen-bond acceptors (Lipinski definition) is 6. The van der Waals surface area contributed by atoms with Crippen molar-refractivity contribution in [2.45, 2.75) is 51.9 Å². The fourth-order valence-electron chi connectivity index (χ4n) is 5.83. The van der Waals surface area contributed by atoms with Gasteiger partial charge in [-0.2, -0.15) is 0 Å². The normalized spacial score (nSPS) is 14.5. The van der Waals surface area contributed by atoms with E-state index in [1.807, 2.05) is 32.0 Å². The third-order valence-electron chi connectivity index (χ3n) is 7.59. The van der Waals surface area contributed by atoms with E-state index in [4.69, 9.17) is 15.5 Å². The summed E-state index contributed by atoms with van der Waals surface area (Å²) in [5.41, 5.74) is 15.1. The van der Waals surface area contributed by atoms with Crippen LogP contribution in [-0.2, 0) is 4.74 Å². The van der Waals surface area contributed by atoms with Gasteiger partial charge in [-0.1, -0.05) is 25.3 Å². The van der Waals surface area contributed by atoms with Crippen LogP contribution in [0.3, 0.4) is 0 Å². The van der Waals surface area contributed by atoms with E-state index in [0.717, 1.165) is 67.2 Å². The van der Waals surface area contributed by atoms with Gasteiger partial charge >= 0.3 is 5.97 Å². The lowest BCUT2D eigenvalue weighted by Gasteiger charge is -2.23. The number of carbonyl (C=O) groups is 1. The summed E-state index contributed by atoms with van der Waals surface area (Å²) in [6.07, 6.45) is 6.06. The third kappa shape index (κ3) is 4.07. The summed E-state index contributed by atoms with van der Waals surface area (Å²) in [6, 6.07) is 14.1. The van der Waals surface area contributed by atoms with Crippen LogP contribution in [0, 0.1) is 13.8 Å². The third-order valence-corrected chi connectivity index (χ3v) is 8.69. The molecule has 6 rings (SSSR count). The Morgan fingerprint density at radius 3 is 2.54 bits per heavy atom. The fraction of sp³-hybridized carbons (Fsp3) is 0.300. The molecular weight excluding hydrogens is 480 g/mol. The lowest BCUT2D eigenvalue weighted by atomic mass is 9.81. The molecule has 3 heterocycles. The highest BCUT2D eigenvalue weighted by atomic mass is 32.1. The molecule has 188 valence electrons. The molecule has 3 N–H and O–H groups in total. The number of benzene rings is 2. The molecule has 5 aromatic rings. The van der Waals surface area contributed by atoms with Crippen molar-refractivity contribution in [2.75, 3.05) is 12.8 Å². The molecule has 0 aliphatic heterocycles. The maximum absolute atomic E-state index is 12.2. The van der Waals surface area contributed by atoms with E-state index in [-0.39, 0.29) is 5.97 Å². The first-order valence-electron chi connectivity index (χ1n) is 12.8. The molecule has 2 aromatic carbocycles. The average molecular weight is 511 g/mol. The van der Waals surface area contributed by atoms with E-state index >= 15 is 0 Å². The quantitative estimate of drug-likeness (QED) is 0.192. The summed E-state index contributed by atoms with van der Waals surface area (Å²) >= 11 is 1.66. The van der Waals surface area contributed by atoms with Crippen molar-refractivity contribution in [3.63, 3.8) is 0 Å². The Kier molecular flexibility index (Phi) is 5.95. The molecule has 1 aliphatic carbocycles. The van der Waals surface area contributed by atoms with Gasteiger partial charge in [0.2, 0.25) is 0 Å². The molecule has 0 amide bonds. The van der Waals surface area contributed by atoms with E-state index in [1.165, 1.54) is 31.9 Å². The number of anilines is 1. The summed E-state index contributed by atoms with van der Waals surface area (Å²) < 4.78 is 4.96. The molecule has 0 saturated heterocycles. The van der Waals surface area contributed by atoms with E-state index in [1.54, 1.807) is 11.3 Å². The van der Waals surface area contributed by atoms with E-state index in [0.29, 0.717) is 17.2 Å². The topological polar surface area (TPSA) is 93.9 Å². The number of nitrogens with two attached hydrogens (primary N) is 1. The molecule has 0 radical (unpaired) electrons. The second kappa shape index (κ2) is 9.30. The van der Waals surface area contributed by atoms with Gasteiger partial charge in [0.05, 0.1) is 50.8 Å². The number of aryl methyl sites for hydroxylation is 2. The zero-order valence-electron chi connectivity index (χ0n) is 21.4. The van der Waals surface area contributed by atoms with Crippen LogP contribution in [0.4, 0.5) is 5.69 Å². The minimum atomic E-state index is -0.337. The van der Waals surface area contributed by atoms with Crippen molar-refractivity contribution in [1.29, 1.82) is 0 Å². The minimum Gasteiger partial charge on any atom is -0.465 e. The van der Waals surface area contributed by atoms with Crippen molar-refractivity contribution >= 4 is 44.8 Å². The number of nitrogens with zero attached hydrogens (tertiary/aromatic N) is 2. The van der Waals surface area contributed by atoms with Gasteiger partial charge in [0.15, 0.2) is 0 Å². The van der Waals surface area contributed by atoms with Gasteiger partial charge < -0.3 is 15.5 Å². The summed E-state index contributed by atoms with van der Waals surface area (Å²) in [6.45, 7) is 4.04. The van der Waals surface area contributed by atoms with Crippen molar-refractivity contribution in [3.05, 3.63) is 64.3 Å². The average Bonchev–Trinajstić information content (AvgIpc) is 3.47. The molecule has 7 heteroatoms. The first-order chi connectivity index (χ1) is 17.9. The first kappa shape index (κ1) is 23.7. The van der Waals surface area contributed by atoms with E-state index in [9.17, 15) is 4.79 Å². The SMILES string of the molecule is COC(=O)c1ccc2c(C3CCCCC3)c(-c3ccc4nc(-c5sc(C)nc5C)ccc4c3N)[nH]c2c1. The monoisotopic (exact) mass is 510 g/mol. The minimum absolute atomic E-state index is 0.337. The number of thiazole rings is 1. The maximum Gasteiger partial charge on any atom is 0.337 e. The molecule has 37 heavy (non-hydrogen) atoms. The molecule has 6 nitrogen and oxygen atoms in total. The number of ether oxygens (including phenoxy) is 1. The van der Waals surface area contributed by atoms with Gasteiger partial charge in [0.25, 0.3) is 0 Å². The molecule has 3 aromatic heterocycles. The molecular formula is C30H30N4O2S. The van der Waals surface area contributed by atoms with Crippen LogP contribution in [0.15, 0.2) is 42.5 Å². The number of nitrogens with one attached hydrogen (secondary N) is 1. The molecule has 1 aliphatic rings. The zero-order chi connectivity index (χ0) is 25.7. The number of aromatic nitrogens is 3. The zero-order valence-corrected chi connectivity index (χ0v) is 22.2. The molecule has 0 spiro atoms. The van der Waals surface area contributed by atoms with Gasteiger partial charge in [0, 0.05) is 21.9 Å². The number of aromatic amines is 1. The smallest absolute Gasteiger partial charge is 0.337 e. The van der Waals surface area contributed by atoms with Crippen molar-refractivity contribution in [1.82, 2.24) is 15.0 Å². The molecule has 0 bridgehead atoms. The van der Waals surface area contributed by atoms with Crippen LogP contribution in [0.5, 0.6) is 0 Å². The van der Waals surface area contributed by atoms with Crippen molar-refractivity contribution in [2.24, 2.45) is 0 Å². The number of rotatable bonds is 4. The summed E-state index contributed by atoms with van der Waals surface area (Å²) in [7, 11) is 1.41. The van der Waals surface area contributed by atoms with Crippen LogP contribution >= 0.6 is 11.3 Å². The first-order valence-corrected chi connectivity index (χ1v) is 13.6. The summed E-state index contributed by atoms with van der Waals surface area (Å²) in [5, 5.41) is 3.12. The van der Waals surface area contributed by atoms with Gasteiger partial charge in [-0.3, -0.25) is 0 Å². The number of H-pyrrole nitrogens is 1. The molecule has 1 saturated carbocycles. The van der Waals surface area contributed by atoms with E-state index in [2.05, 4.69) is 34.2 Å². The molecule has 0 unspecified atom stereocenters. The predicted molar refractivity (Wildman–Crippen MR) is 151 cm³/mol. The Labute approximate surface area is 219 Å². The van der Waals surface area contributed by atoms with Crippen LogP contribution < -0.4 is 5.73 Å². The number of esters is 1. The van der Waals surface area contributed by atoms with Crippen LogP contribution in [0.2, 0.25) is 0 Å². The lowest BCUT2D eigenvalue weighted by molar-refractivity contribution is 0.0601. The second-order valence-corrected chi connectivity index (χ2v) is 11.1. The Morgan fingerprint density at radius 1 is 1.03 bits per heavy atom. The van der Waals surface area contributed by atoms with Gasteiger partial charge in [-0.25, -0.2) is 14.8 Å². The number of fused-ring (bicyclic) bond motifs is 2. The Hall–Kier alpha value is -3.71. The van der Waals surface area contributed by atoms with E-state index < -0.39 is 0 Å². The van der Waals surface area contributed by atoms with Crippen molar-refractivity contribution in [3.8, 4) is 21.8 Å². The summed E-state index contributed by atoms with van der Waals surface area (Å²) in [5.74, 6) is 0.116. The van der Waals surface area contributed by atoms with Crippen LogP contribution in [-0.4, -0.2) is 28.0 Å². The number of nitrogen functional groups attached to an aromatic ring is 1. The van der Waals surface area contributed by atoms with Crippen LogP contribution in [0.25, 0.3) is 43.6 Å². The lowest BCUT2D eigenvalue weighted by Crippen LogP contribution is -2.06. The van der Waals surface area contributed by atoms with Gasteiger partial charge in [-0.15, -0.1) is 11.3 Å². The number of pyridine rings is 1. The van der Waals surface area contributed by atoms with Crippen molar-refractivity contribution < 1.29 is 9.53 Å². The number of hydrogen-bond donors (Lipinski definition) is 2. The second-order valence-electron chi connectivity index (χ2n) is 9.94. The highest BCUT2D eigenvalue weighted by molar-refractivity contribution is 7.15. The van der Waals surface area contributed by atoms with Gasteiger partial charge in [0.1, 0.15) is 0 Å². The summed E-state index contributed by atoms with van der Waals surface area (Å²) in [4.78, 5) is 26.4. The largest absolute Gasteiger partial charge is 0.465 e. The number of methoxy groups -OCH3 is 1. The van der Waals surface area contributed by atoms with Gasteiger partial charge in [-0.05, 0) is 74.6 Å². The Bertz CT molecular complexity index is 1660. The fourth-order valence-corrected chi connectivity index (χ4v) is 6.72. The standard InChI is InChI=1S/C30H30N4O2S/c1-16-29(37-17(2)32-16)24-14-11-21-23(33-24)13-12-22(27(21)31)28-26(18-7-5-4-6-8-18)20-10-9-19(30(35)36-3)15-25(20)34-28/h9-15,18,34H,4-8,31H2,1-3H3. The molecule has 0 atom stereocenters. The highest BCUT2D eigenvalue weighted by Gasteiger charge is 2.25. The maximum atomic E-state index is 12.2. The Morgan fingerprint density at radius 2 is 1.81 bits per heavy atom.